The minimum absolute atomic E-state index is 0.119. The van der Waals surface area contributed by atoms with Gasteiger partial charge in [0.15, 0.2) is 0 Å². The number of hydrogen-bond donors (Lipinski definition) is 2. The van der Waals surface area contributed by atoms with E-state index in [0.717, 1.165) is 35.4 Å². The fourth-order valence-corrected chi connectivity index (χ4v) is 4.98. The number of para-hydroxylation sites is 1. The number of imide groups is 1. The molecule has 1 saturated carbocycles. The van der Waals surface area contributed by atoms with E-state index in [9.17, 15) is 14.4 Å². The van der Waals surface area contributed by atoms with Crippen LogP contribution >= 0.6 is 0 Å². The molecule has 1 saturated heterocycles. The van der Waals surface area contributed by atoms with Crippen LogP contribution in [-0.2, 0) is 4.79 Å². The molecule has 2 heterocycles. The lowest BCUT2D eigenvalue weighted by Crippen LogP contribution is -2.44. The Morgan fingerprint density at radius 1 is 1.12 bits per heavy atom. The Morgan fingerprint density at radius 3 is 2.64 bits per heavy atom. The molecule has 170 valence electrons. The van der Waals surface area contributed by atoms with Crippen LogP contribution in [-0.4, -0.2) is 50.9 Å². The Bertz CT molecular complexity index is 1230. The highest BCUT2D eigenvalue weighted by molar-refractivity contribution is 6.07. The number of rotatable bonds is 6. The number of nitrogens with one attached hydrogen (secondary N) is 2. The van der Waals surface area contributed by atoms with Gasteiger partial charge >= 0.3 is 6.03 Å². The summed E-state index contributed by atoms with van der Waals surface area (Å²) in [7, 11) is 0. The Balaban J connectivity index is 1.20. The molecule has 5 rings (SSSR count). The maximum absolute atomic E-state index is 12.7. The number of carbonyl (C=O) groups excluding carboxylic acids is 3. The maximum Gasteiger partial charge on any atom is 0.325 e. The summed E-state index contributed by atoms with van der Waals surface area (Å²) in [5.74, 6) is 0.529. The number of nitrogens with zero attached hydrogens (tertiary/aromatic N) is 3. The molecule has 33 heavy (non-hydrogen) atoms. The lowest BCUT2D eigenvalue weighted by molar-refractivity contribution is -0.131. The summed E-state index contributed by atoms with van der Waals surface area (Å²) in [6.45, 7) is 2.61. The number of hydrogen-bond acceptors (Lipinski definition) is 4. The van der Waals surface area contributed by atoms with Gasteiger partial charge in [0.2, 0.25) is 0 Å². The van der Waals surface area contributed by atoms with Crippen molar-refractivity contribution in [3.8, 4) is 5.69 Å². The molecule has 2 fully saturated rings. The Hall–Kier alpha value is -3.68. The number of urea groups is 1. The van der Waals surface area contributed by atoms with Crippen LogP contribution in [0.2, 0.25) is 0 Å². The molecule has 1 spiro atoms. The Morgan fingerprint density at radius 2 is 1.88 bits per heavy atom. The van der Waals surface area contributed by atoms with Gasteiger partial charge in [0, 0.05) is 24.3 Å². The molecule has 0 radical (unpaired) electrons. The second kappa shape index (κ2) is 8.35. The van der Waals surface area contributed by atoms with Gasteiger partial charge in [-0.05, 0) is 56.5 Å². The molecular formula is C25H27N5O3. The summed E-state index contributed by atoms with van der Waals surface area (Å²) < 4.78 is 2.06. The highest BCUT2D eigenvalue weighted by atomic mass is 16.2. The Labute approximate surface area is 192 Å². The highest BCUT2D eigenvalue weighted by Gasteiger charge is 2.51. The van der Waals surface area contributed by atoms with Gasteiger partial charge < -0.3 is 10.6 Å². The third kappa shape index (κ3) is 3.75. The number of imidazole rings is 1. The molecular weight excluding hydrogens is 418 g/mol. The van der Waals surface area contributed by atoms with E-state index >= 15 is 0 Å². The fraction of sp³-hybridized carbons (Fsp3) is 0.360. The number of amides is 4. The Kier molecular flexibility index (Phi) is 5.36. The molecule has 0 unspecified atom stereocenters. The molecule has 8 nitrogen and oxygen atoms in total. The van der Waals surface area contributed by atoms with Crippen LogP contribution < -0.4 is 10.6 Å². The lowest BCUT2D eigenvalue weighted by atomic mass is 9.98. The number of fused-ring (bicyclic) bond motifs is 1. The standard InChI is InChI=1S/C25H27N5O3/c1-17-27-20-16-18(10-11-21(20)30(17)19-8-3-2-4-9-19)22(31)26-14-7-15-29-23(32)25(28-24(29)33)12-5-6-13-25/h2-4,8-11,16H,5-7,12-15H2,1H3,(H,26,31)(H,28,33). The zero-order valence-electron chi connectivity index (χ0n) is 18.6. The minimum atomic E-state index is -0.684. The molecule has 1 aliphatic carbocycles. The van der Waals surface area contributed by atoms with Crippen LogP contribution in [0.5, 0.6) is 0 Å². The predicted molar refractivity (Wildman–Crippen MR) is 124 cm³/mol. The smallest absolute Gasteiger partial charge is 0.325 e. The van der Waals surface area contributed by atoms with E-state index < -0.39 is 5.54 Å². The monoisotopic (exact) mass is 445 g/mol. The topological polar surface area (TPSA) is 96.3 Å². The van der Waals surface area contributed by atoms with Gasteiger partial charge in [0.25, 0.3) is 11.8 Å². The van der Waals surface area contributed by atoms with Crippen molar-refractivity contribution in [2.45, 2.75) is 44.6 Å². The molecule has 1 aliphatic heterocycles. The van der Waals surface area contributed by atoms with Crippen LogP contribution in [0.25, 0.3) is 16.7 Å². The molecule has 0 atom stereocenters. The molecule has 4 amide bonds. The summed E-state index contributed by atoms with van der Waals surface area (Å²) in [6, 6.07) is 15.2. The van der Waals surface area contributed by atoms with Gasteiger partial charge in [0.05, 0.1) is 11.0 Å². The van der Waals surface area contributed by atoms with Crippen LogP contribution in [0.1, 0.15) is 48.3 Å². The number of carbonyl (C=O) groups is 3. The quantitative estimate of drug-likeness (QED) is 0.449. The van der Waals surface area contributed by atoms with Gasteiger partial charge in [-0.25, -0.2) is 9.78 Å². The molecule has 8 heteroatoms. The average Bonchev–Trinajstić information content (AvgIpc) is 3.48. The van der Waals surface area contributed by atoms with Crippen LogP contribution in [0, 0.1) is 6.92 Å². The first-order valence-corrected chi connectivity index (χ1v) is 11.5. The molecule has 0 bridgehead atoms. The van der Waals surface area contributed by atoms with E-state index in [-0.39, 0.29) is 17.8 Å². The molecule has 2 aliphatic rings. The van der Waals surface area contributed by atoms with E-state index in [4.69, 9.17) is 0 Å². The third-order valence-electron chi connectivity index (χ3n) is 6.65. The minimum Gasteiger partial charge on any atom is -0.352 e. The summed E-state index contributed by atoms with van der Waals surface area (Å²) in [6.07, 6.45) is 3.86. The van der Waals surface area contributed by atoms with Crippen molar-refractivity contribution < 1.29 is 14.4 Å². The van der Waals surface area contributed by atoms with Crippen molar-refractivity contribution in [3.63, 3.8) is 0 Å². The van der Waals surface area contributed by atoms with E-state index in [0.29, 0.717) is 37.9 Å². The molecule has 3 aromatic rings. The molecule has 2 N–H and O–H groups in total. The van der Waals surface area contributed by atoms with Crippen LogP contribution in [0.3, 0.4) is 0 Å². The van der Waals surface area contributed by atoms with Crippen molar-refractivity contribution in [3.05, 3.63) is 59.9 Å². The summed E-state index contributed by atoms with van der Waals surface area (Å²) in [4.78, 5) is 43.5. The van der Waals surface area contributed by atoms with E-state index in [1.54, 1.807) is 12.1 Å². The SMILES string of the molecule is Cc1nc2cc(C(=O)NCCCN3C(=O)NC4(CCCC4)C3=O)ccc2n1-c1ccccc1. The van der Waals surface area contributed by atoms with Gasteiger partial charge in [-0.3, -0.25) is 19.1 Å². The molecule has 2 aromatic carbocycles. The van der Waals surface area contributed by atoms with Crippen LogP contribution in [0.15, 0.2) is 48.5 Å². The molecule has 1 aromatic heterocycles. The van der Waals surface area contributed by atoms with Crippen molar-refractivity contribution >= 4 is 28.9 Å². The average molecular weight is 446 g/mol. The lowest BCUT2D eigenvalue weighted by Gasteiger charge is -2.20. The second-order valence-corrected chi connectivity index (χ2v) is 8.82. The summed E-state index contributed by atoms with van der Waals surface area (Å²) in [5.41, 5.74) is 2.56. The first-order valence-electron chi connectivity index (χ1n) is 11.5. The first-order chi connectivity index (χ1) is 16.0. The fourth-order valence-electron chi connectivity index (χ4n) is 4.98. The van der Waals surface area contributed by atoms with E-state index in [1.165, 1.54) is 4.90 Å². The van der Waals surface area contributed by atoms with E-state index in [2.05, 4.69) is 20.2 Å². The first kappa shape index (κ1) is 21.2. The highest BCUT2D eigenvalue weighted by Crippen LogP contribution is 2.35. The number of aromatic nitrogens is 2. The third-order valence-corrected chi connectivity index (χ3v) is 6.65. The van der Waals surface area contributed by atoms with Gasteiger partial charge in [0.1, 0.15) is 11.4 Å². The number of benzene rings is 2. The maximum atomic E-state index is 12.7. The predicted octanol–water partition coefficient (Wildman–Crippen LogP) is 3.32. The number of aryl methyl sites for hydroxylation is 1. The van der Waals surface area contributed by atoms with E-state index in [1.807, 2.05) is 43.3 Å². The van der Waals surface area contributed by atoms with Crippen molar-refractivity contribution in [2.75, 3.05) is 13.1 Å². The van der Waals surface area contributed by atoms with Crippen molar-refractivity contribution in [1.82, 2.24) is 25.1 Å². The summed E-state index contributed by atoms with van der Waals surface area (Å²) >= 11 is 0. The summed E-state index contributed by atoms with van der Waals surface area (Å²) in [5, 5.41) is 5.77. The normalized spacial score (nSPS) is 17.2. The second-order valence-electron chi connectivity index (χ2n) is 8.82. The van der Waals surface area contributed by atoms with Crippen LogP contribution in [0.4, 0.5) is 4.79 Å². The van der Waals surface area contributed by atoms with Crippen molar-refractivity contribution in [2.24, 2.45) is 0 Å². The van der Waals surface area contributed by atoms with Crippen molar-refractivity contribution in [1.29, 1.82) is 0 Å². The van der Waals surface area contributed by atoms with Gasteiger partial charge in [-0.15, -0.1) is 0 Å². The largest absolute Gasteiger partial charge is 0.352 e. The zero-order chi connectivity index (χ0) is 23.0. The van der Waals surface area contributed by atoms with Gasteiger partial charge in [-0.2, -0.15) is 0 Å². The van der Waals surface area contributed by atoms with Gasteiger partial charge in [-0.1, -0.05) is 31.0 Å². The zero-order valence-corrected chi connectivity index (χ0v) is 18.6.